The molecule has 0 fully saturated rings. The predicted octanol–water partition coefficient (Wildman–Crippen LogP) is 4.11. The zero-order valence-electron chi connectivity index (χ0n) is 22.1. The molecule has 3 aromatic carbocycles. The van der Waals surface area contributed by atoms with Gasteiger partial charge in [-0.2, -0.15) is 0 Å². The Morgan fingerprint density at radius 2 is 1.59 bits per heavy atom. The summed E-state index contributed by atoms with van der Waals surface area (Å²) < 4.78 is 0. The molecule has 8 heteroatoms. The zero-order valence-corrected chi connectivity index (χ0v) is 22.1. The number of benzene rings is 3. The van der Waals surface area contributed by atoms with Crippen LogP contribution in [0.2, 0.25) is 0 Å². The normalized spacial score (nSPS) is 12.1. The highest BCUT2D eigenvalue weighted by Crippen LogP contribution is 2.24. The first-order chi connectivity index (χ1) is 18.5. The summed E-state index contributed by atoms with van der Waals surface area (Å²) in [4.78, 5) is 52.9. The molecule has 1 heterocycles. The van der Waals surface area contributed by atoms with Gasteiger partial charge in [-0.1, -0.05) is 66.7 Å². The number of carbonyl (C=O) groups is 3. The van der Waals surface area contributed by atoms with E-state index in [2.05, 4.69) is 15.6 Å². The van der Waals surface area contributed by atoms with Crippen LogP contribution in [0.4, 0.5) is 5.69 Å². The van der Waals surface area contributed by atoms with Crippen LogP contribution in [0.5, 0.6) is 0 Å². The maximum absolute atomic E-state index is 13.3. The van der Waals surface area contributed by atoms with E-state index in [1.54, 1.807) is 51.1 Å². The third kappa shape index (κ3) is 6.41. The fourth-order valence-electron chi connectivity index (χ4n) is 4.35. The van der Waals surface area contributed by atoms with Crippen molar-refractivity contribution in [1.29, 1.82) is 0 Å². The second kappa shape index (κ2) is 11.3. The van der Waals surface area contributed by atoms with Gasteiger partial charge in [-0.3, -0.25) is 19.2 Å². The fraction of sp³-hybridized carbons (Fsp3) is 0.226. The number of carbonyl (C=O) groups excluding carboxylic acids is 2. The number of aliphatic carboxylic acids is 1. The Morgan fingerprint density at radius 1 is 0.923 bits per heavy atom. The highest BCUT2D eigenvalue weighted by molar-refractivity contribution is 5.98. The Balaban J connectivity index is 1.56. The van der Waals surface area contributed by atoms with Gasteiger partial charge in [0, 0.05) is 12.6 Å². The number of carboxylic acids is 1. The van der Waals surface area contributed by atoms with Gasteiger partial charge >= 0.3 is 5.97 Å². The Labute approximate surface area is 226 Å². The van der Waals surface area contributed by atoms with Gasteiger partial charge in [-0.15, -0.1) is 0 Å². The van der Waals surface area contributed by atoms with E-state index in [0.29, 0.717) is 11.1 Å². The van der Waals surface area contributed by atoms with Gasteiger partial charge in [0.1, 0.15) is 11.7 Å². The number of hydrogen-bond donors (Lipinski definition) is 4. The van der Waals surface area contributed by atoms with E-state index in [9.17, 15) is 24.3 Å². The molecule has 2 amide bonds. The van der Waals surface area contributed by atoms with Crippen LogP contribution >= 0.6 is 0 Å². The molecule has 4 aromatic rings. The molecule has 0 aliphatic rings. The molecule has 0 aliphatic carbocycles. The minimum absolute atomic E-state index is 0.0747. The largest absolute Gasteiger partial charge is 0.481 e. The van der Waals surface area contributed by atoms with Crippen LogP contribution in [0, 0.1) is 6.92 Å². The Morgan fingerprint density at radius 3 is 2.26 bits per heavy atom. The van der Waals surface area contributed by atoms with Crippen molar-refractivity contribution >= 4 is 34.2 Å². The third-order valence-electron chi connectivity index (χ3n) is 6.90. The number of amides is 2. The van der Waals surface area contributed by atoms with Crippen molar-refractivity contribution in [2.75, 3.05) is 5.32 Å². The summed E-state index contributed by atoms with van der Waals surface area (Å²) in [5.41, 5.74) is 1.35. The second-order valence-electron chi connectivity index (χ2n) is 10.2. The summed E-state index contributed by atoms with van der Waals surface area (Å²) in [6, 6.07) is 21.2. The average Bonchev–Trinajstić information content (AvgIpc) is 2.90. The van der Waals surface area contributed by atoms with Crippen molar-refractivity contribution in [3.05, 3.63) is 112 Å². The number of anilines is 1. The molecule has 1 aromatic heterocycles. The van der Waals surface area contributed by atoms with Gasteiger partial charge in [-0.25, -0.2) is 0 Å². The summed E-state index contributed by atoms with van der Waals surface area (Å²) in [5, 5.41) is 17.1. The van der Waals surface area contributed by atoms with Crippen molar-refractivity contribution in [2.24, 2.45) is 0 Å². The van der Waals surface area contributed by atoms with Crippen LogP contribution in [0.15, 0.2) is 83.8 Å². The number of carboxylic acid groups (broad SMARTS) is 1. The standard InChI is InChI=1S/C31H31N3O5/c1-19-14-15-32-29(37)27(19)34-28(36)25(17-20-9-12-24(13-10-20)31(2,3)30(38)39)33-26(35)18-21-8-11-22-6-4-5-7-23(22)16-21/h4-16,25H,17-18H2,1-3H3,(H,32,37)(H,33,35)(H,34,36)(H,38,39). The lowest BCUT2D eigenvalue weighted by atomic mass is 9.84. The van der Waals surface area contributed by atoms with Crippen LogP contribution in [0.25, 0.3) is 10.8 Å². The Bertz CT molecular complexity index is 1590. The van der Waals surface area contributed by atoms with Crippen molar-refractivity contribution in [2.45, 2.75) is 45.1 Å². The first-order valence-corrected chi connectivity index (χ1v) is 12.6. The van der Waals surface area contributed by atoms with Crippen LogP contribution in [-0.4, -0.2) is 33.9 Å². The maximum Gasteiger partial charge on any atom is 0.313 e. The molecule has 8 nitrogen and oxygen atoms in total. The number of H-pyrrole nitrogens is 1. The minimum Gasteiger partial charge on any atom is -0.481 e. The molecular formula is C31H31N3O5. The van der Waals surface area contributed by atoms with E-state index >= 15 is 0 Å². The van der Waals surface area contributed by atoms with E-state index in [-0.39, 0.29) is 24.4 Å². The number of fused-ring (bicyclic) bond motifs is 1. The highest BCUT2D eigenvalue weighted by atomic mass is 16.4. The average molecular weight is 526 g/mol. The summed E-state index contributed by atoms with van der Waals surface area (Å²) in [6.45, 7) is 4.95. The number of rotatable bonds is 9. The molecule has 1 unspecified atom stereocenters. The first-order valence-electron chi connectivity index (χ1n) is 12.6. The molecular weight excluding hydrogens is 494 g/mol. The van der Waals surface area contributed by atoms with Gasteiger partial charge in [0.2, 0.25) is 11.8 Å². The Hall–Kier alpha value is -4.72. The van der Waals surface area contributed by atoms with Crippen molar-refractivity contribution in [3.8, 4) is 0 Å². The number of hydrogen-bond acceptors (Lipinski definition) is 4. The molecule has 0 saturated heterocycles. The molecule has 0 saturated carbocycles. The molecule has 200 valence electrons. The van der Waals surface area contributed by atoms with E-state index in [4.69, 9.17) is 0 Å². The number of aromatic nitrogens is 1. The lowest BCUT2D eigenvalue weighted by molar-refractivity contribution is -0.142. The van der Waals surface area contributed by atoms with Crippen LogP contribution in [0.3, 0.4) is 0 Å². The van der Waals surface area contributed by atoms with E-state index < -0.39 is 28.9 Å². The smallest absolute Gasteiger partial charge is 0.313 e. The van der Waals surface area contributed by atoms with E-state index in [1.807, 2.05) is 42.5 Å². The topological polar surface area (TPSA) is 128 Å². The van der Waals surface area contributed by atoms with Gasteiger partial charge in [0.25, 0.3) is 5.56 Å². The number of aryl methyl sites for hydroxylation is 1. The SMILES string of the molecule is Cc1cc[nH]c(=O)c1NC(=O)C(Cc1ccc(C(C)(C)C(=O)O)cc1)NC(=O)Cc1ccc2ccccc2c1. The quantitative estimate of drug-likeness (QED) is 0.262. The molecule has 0 aliphatic heterocycles. The maximum atomic E-state index is 13.3. The second-order valence-corrected chi connectivity index (χ2v) is 10.2. The van der Waals surface area contributed by atoms with Gasteiger partial charge < -0.3 is 20.7 Å². The van der Waals surface area contributed by atoms with Crippen molar-refractivity contribution in [1.82, 2.24) is 10.3 Å². The third-order valence-corrected chi connectivity index (χ3v) is 6.90. The first kappa shape index (κ1) is 27.3. The summed E-state index contributed by atoms with van der Waals surface area (Å²) in [6.07, 6.45) is 1.72. The van der Waals surface area contributed by atoms with Crippen LogP contribution in [0.1, 0.15) is 36.1 Å². The monoisotopic (exact) mass is 525 g/mol. The van der Waals surface area contributed by atoms with Gasteiger partial charge in [-0.05, 0) is 59.9 Å². The Kier molecular flexibility index (Phi) is 7.95. The zero-order chi connectivity index (χ0) is 28.2. The molecule has 0 radical (unpaired) electrons. The highest BCUT2D eigenvalue weighted by Gasteiger charge is 2.29. The number of nitrogens with one attached hydrogen (secondary N) is 3. The van der Waals surface area contributed by atoms with Crippen LogP contribution in [-0.2, 0) is 32.6 Å². The van der Waals surface area contributed by atoms with E-state index in [0.717, 1.165) is 21.9 Å². The summed E-state index contributed by atoms with van der Waals surface area (Å²) in [5.74, 6) is -1.82. The lowest BCUT2D eigenvalue weighted by Crippen LogP contribution is -2.46. The predicted molar refractivity (Wildman–Crippen MR) is 151 cm³/mol. The molecule has 0 bridgehead atoms. The van der Waals surface area contributed by atoms with Crippen LogP contribution < -0.4 is 16.2 Å². The number of aromatic amines is 1. The molecule has 1 atom stereocenters. The molecule has 4 N–H and O–H groups in total. The summed E-state index contributed by atoms with van der Waals surface area (Å²) in [7, 11) is 0. The van der Waals surface area contributed by atoms with Crippen molar-refractivity contribution < 1.29 is 19.5 Å². The lowest BCUT2D eigenvalue weighted by Gasteiger charge is -2.21. The molecule has 39 heavy (non-hydrogen) atoms. The van der Waals surface area contributed by atoms with Crippen molar-refractivity contribution in [3.63, 3.8) is 0 Å². The molecule has 4 rings (SSSR count). The van der Waals surface area contributed by atoms with Gasteiger partial charge in [0.15, 0.2) is 0 Å². The van der Waals surface area contributed by atoms with E-state index in [1.165, 1.54) is 6.20 Å². The van der Waals surface area contributed by atoms with Gasteiger partial charge in [0.05, 0.1) is 11.8 Å². The minimum atomic E-state index is -1.07. The summed E-state index contributed by atoms with van der Waals surface area (Å²) >= 11 is 0. The molecule has 0 spiro atoms. The fourth-order valence-corrected chi connectivity index (χ4v) is 4.35. The number of pyridine rings is 1.